The number of hydrogen-bond acceptors (Lipinski definition) is 2. The predicted octanol–water partition coefficient (Wildman–Crippen LogP) is 2.33. The first-order valence-corrected chi connectivity index (χ1v) is 8.36. The van der Waals surface area contributed by atoms with Crippen molar-refractivity contribution in [3.63, 3.8) is 0 Å². The molecule has 4 atom stereocenters. The van der Waals surface area contributed by atoms with Gasteiger partial charge >= 0.3 is 0 Å². The van der Waals surface area contributed by atoms with Crippen molar-refractivity contribution in [2.45, 2.75) is 51.0 Å². The molecule has 3 fully saturated rings. The summed E-state index contributed by atoms with van der Waals surface area (Å²) in [4.78, 5) is 14.2. The molecule has 3 nitrogen and oxygen atoms in total. The van der Waals surface area contributed by atoms with Gasteiger partial charge in [0, 0.05) is 18.6 Å². The first kappa shape index (κ1) is 12.9. The number of carbonyl (C=O) groups is 1. The van der Waals surface area contributed by atoms with E-state index in [0.717, 1.165) is 30.8 Å². The van der Waals surface area contributed by atoms with Gasteiger partial charge in [-0.3, -0.25) is 4.79 Å². The molecule has 0 aromatic heterocycles. The molecule has 0 aromatic rings. The Kier molecular flexibility index (Phi) is 2.95. The number of nitrogens with zero attached hydrogens (tertiary/aromatic N) is 1. The second kappa shape index (κ2) is 4.59. The molecule has 1 aliphatic heterocycles. The summed E-state index contributed by atoms with van der Waals surface area (Å²) in [7, 11) is 0. The quantitative estimate of drug-likeness (QED) is 0.801. The molecular weight excluding hydrogens is 248 g/mol. The van der Waals surface area contributed by atoms with E-state index in [9.17, 15) is 4.79 Å². The lowest BCUT2D eigenvalue weighted by molar-refractivity contribution is -0.129. The van der Waals surface area contributed by atoms with Crippen LogP contribution in [0.3, 0.4) is 0 Å². The molecule has 4 unspecified atom stereocenters. The lowest BCUT2D eigenvalue weighted by atomic mass is 9.70. The lowest BCUT2D eigenvalue weighted by Crippen LogP contribution is -2.50. The number of rotatable bonds is 3. The third-order valence-corrected chi connectivity index (χ3v) is 6.08. The molecular formula is C17H26N2O. The Bertz CT molecular complexity index is 452. The van der Waals surface area contributed by atoms with Gasteiger partial charge in [-0.1, -0.05) is 11.6 Å². The van der Waals surface area contributed by atoms with Crippen molar-refractivity contribution in [1.29, 1.82) is 0 Å². The fraction of sp³-hybridized carbons (Fsp3) is 0.824. The SMILES string of the molecule is CC1(NCC(=O)N2CCCC2)CC2CC3=CC(C1)C3C2. The molecule has 0 aromatic carbocycles. The summed E-state index contributed by atoms with van der Waals surface area (Å²) >= 11 is 0. The van der Waals surface area contributed by atoms with Crippen LogP contribution in [0.1, 0.15) is 45.4 Å². The topological polar surface area (TPSA) is 32.3 Å². The highest BCUT2D eigenvalue weighted by Gasteiger charge is 2.48. The van der Waals surface area contributed by atoms with Crippen molar-refractivity contribution in [2.75, 3.05) is 19.6 Å². The van der Waals surface area contributed by atoms with Crippen molar-refractivity contribution in [2.24, 2.45) is 17.8 Å². The zero-order valence-electron chi connectivity index (χ0n) is 12.5. The Morgan fingerprint density at radius 1 is 1.40 bits per heavy atom. The van der Waals surface area contributed by atoms with Crippen molar-refractivity contribution in [1.82, 2.24) is 10.2 Å². The van der Waals surface area contributed by atoms with Gasteiger partial charge < -0.3 is 10.2 Å². The van der Waals surface area contributed by atoms with Gasteiger partial charge in [0.1, 0.15) is 0 Å². The molecule has 1 amide bonds. The summed E-state index contributed by atoms with van der Waals surface area (Å²) < 4.78 is 0. The Morgan fingerprint density at radius 3 is 3.00 bits per heavy atom. The average Bonchev–Trinajstić information content (AvgIpc) is 2.99. The van der Waals surface area contributed by atoms with Crippen LogP contribution in [0.15, 0.2) is 11.6 Å². The standard InChI is InChI=1S/C17H26N2O/c1-17(18-11-16(20)19-4-2-3-5-19)9-12-6-13-8-14(10-17)15(13)7-12/h8,12,14-15,18H,2-7,9-11H2,1H3. The zero-order valence-corrected chi connectivity index (χ0v) is 12.5. The molecule has 2 saturated carbocycles. The Morgan fingerprint density at radius 2 is 2.20 bits per heavy atom. The predicted molar refractivity (Wildman–Crippen MR) is 79.2 cm³/mol. The first-order valence-electron chi connectivity index (χ1n) is 8.36. The van der Waals surface area contributed by atoms with Gasteiger partial charge in [0.15, 0.2) is 0 Å². The molecule has 4 aliphatic rings. The largest absolute Gasteiger partial charge is 0.342 e. The summed E-state index contributed by atoms with van der Waals surface area (Å²) in [5.74, 6) is 2.86. The van der Waals surface area contributed by atoms with Gasteiger partial charge in [-0.2, -0.15) is 0 Å². The van der Waals surface area contributed by atoms with E-state index >= 15 is 0 Å². The summed E-state index contributed by atoms with van der Waals surface area (Å²) in [6.45, 7) is 4.82. The van der Waals surface area contributed by atoms with Gasteiger partial charge in [-0.25, -0.2) is 0 Å². The molecule has 1 N–H and O–H groups in total. The minimum Gasteiger partial charge on any atom is -0.342 e. The molecule has 110 valence electrons. The minimum absolute atomic E-state index is 0.169. The van der Waals surface area contributed by atoms with Crippen molar-refractivity contribution >= 4 is 5.91 Å². The highest BCUT2D eigenvalue weighted by Crippen LogP contribution is 2.55. The number of fused-ring (bicyclic) bond motifs is 1. The van der Waals surface area contributed by atoms with Crippen LogP contribution in [0.4, 0.5) is 0 Å². The van der Waals surface area contributed by atoms with E-state index in [4.69, 9.17) is 0 Å². The third-order valence-electron chi connectivity index (χ3n) is 6.08. The van der Waals surface area contributed by atoms with Crippen molar-refractivity contribution < 1.29 is 4.79 Å². The fourth-order valence-corrected chi connectivity index (χ4v) is 5.10. The number of nitrogens with one attached hydrogen (secondary N) is 1. The molecule has 3 aliphatic carbocycles. The number of hydrogen-bond donors (Lipinski definition) is 1. The van der Waals surface area contributed by atoms with Crippen LogP contribution < -0.4 is 5.32 Å². The minimum atomic E-state index is 0.169. The number of carbonyl (C=O) groups excluding carboxylic acids is 1. The maximum atomic E-state index is 12.2. The van der Waals surface area contributed by atoms with Gasteiger partial charge in [0.05, 0.1) is 6.54 Å². The van der Waals surface area contributed by atoms with Crippen LogP contribution in [-0.4, -0.2) is 36.0 Å². The van der Waals surface area contributed by atoms with E-state index in [1.54, 1.807) is 5.57 Å². The van der Waals surface area contributed by atoms with Crippen molar-refractivity contribution in [3.8, 4) is 0 Å². The van der Waals surface area contributed by atoms with Crippen LogP contribution in [0.25, 0.3) is 0 Å². The van der Waals surface area contributed by atoms with E-state index in [2.05, 4.69) is 18.3 Å². The van der Waals surface area contributed by atoms with Crippen molar-refractivity contribution in [3.05, 3.63) is 11.6 Å². The van der Waals surface area contributed by atoms with Crippen LogP contribution in [0, 0.1) is 17.8 Å². The summed E-state index contributed by atoms with van der Waals surface area (Å²) in [6, 6.07) is 0. The highest BCUT2D eigenvalue weighted by atomic mass is 16.2. The molecule has 0 radical (unpaired) electrons. The van der Waals surface area contributed by atoms with Crippen LogP contribution in [0.5, 0.6) is 0 Å². The first-order chi connectivity index (χ1) is 9.63. The van der Waals surface area contributed by atoms with Crippen LogP contribution in [0.2, 0.25) is 0 Å². The highest BCUT2D eigenvalue weighted by molar-refractivity contribution is 5.78. The second-order valence-corrected chi connectivity index (χ2v) is 7.73. The third kappa shape index (κ3) is 2.11. The summed E-state index contributed by atoms with van der Waals surface area (Å²) in [5.41, 5.74) is 1.91. The molecule has 0 spiro atoms. The summed E-state index contributed by atoms with van der Waals surface area (Å²) in [5, 5.41) is 3.63. The molecule has 4 rings (SSSR count). The monoisotopic (exact) mass is 274 g/mol. The smallest absolute Gasteiger partial charge is 0.236 e. The number of allylic oxidation sites excluding steroid dienone is 2. The molecule has 1 heterocycles. The molecule has 1 saturated heterocycles. The van der Waals surface area contributed by atoms with E-state index in [1.165, 1.54) is 38.5 Å². The van der Waals surface area contributed by atoms with E-state index < -0.39 is 0 Å². The van der Waals surface area contributed by atoms with Crippen LogP contribution in [-0.2, 0) is 4.79 Å². The van der Waals surface area contributed by atoms with Crippen LogP contribution >= 0.6 is 0 Å². The average molecular weight is 274 g/mol. The Hall–Kier alpha value is -0.830. The second-order valence-electron chi connectivity index (χ2n) is 7.73. The van der Waals surface area contributed by atoms with E-state index in [-0.39, 0.29) is 5.54 Å². The van der Waals surface area contributed by atoms with Gasteiger partial charge in [-0.15, -0.1) is 0 Å². The Labute approximate surface area is 121 Å². The van der Waals surface area contributed by atoms with E-state index in [1.807, 2.05) is 4.90 Å². The maximum Gasteiger partial charge on any atom is 0.236 e. The van der Waals surface area contributed by atoms with E-state index in [0.29, 0.717) is 12.5 Å². The zero-order chi connectivity index (χ0) is 13.7. The molecule has 3 heteroatoms. The molecule has 2 bridgehead atoms. The lowest BCUT2D eigenvalue weighted by Gasteiger charge is -2.40. The Balaban J connectivity index is 1.38. The van der Waals surface area contributed by atoms with Gasteiger partial charge in [0.25, 0.3) is 0 Å². The number of likely N-dealkylation sites (tertiary alicyclic amines) is 1. The van der Waals surface area contributed by atoms with Gasteiger partial charge in [0.2, 0.25) is 5.91 Å². The number of amides is 1. The molecule has 20 heavy (non-hydrogen) atoms. The normalized spacial score (nSPS) is 42.1. The summed E-state index contributed by atoms with van der Waals surface area (Å²) in [6.07, 6.45) is 10.1. The van der Waals surface area contributed by atoms with Gasteiger partial charge in [-0.05, 0) is 63.2 Å². The maximum absolute atomic E-state index is 12.2. The fourth-order valence-electron chi connectivity index (χ4n) is 5.10.